The standard InChI is InChI=1S/C16H21N5O/c17-15-9-2-1-3-10(15)7-11(6-9)16(22)18-12-4-5-13-14(8-12)20-21-19-13/h4-5,8-11,15H,1-3,6-7,17H2,(H,18,22)(H,19,20,21). The molecule has 1 aromatic carbocycles. The van der Waals surface area contributed by atoms with Crippen LogP contribution in [0.1, 0.15) is 32.1 Å². The van der Waals surface area contributed by atoms with Crippen molar-refractivity contribution in [1.29, 1.82) is 0 Å². The van der Waals surface area contributed by atoms with Crippen LogP contribution in [0, 0.1) is 17.8 Å². The Morgan fingerprint density at radius 1 is 1.18 bits per heavy atom. The minimum atomic E-state index is 0.0862. The first kappa shape index (κ1) is 13.7. The zero-order chi connectivity index (χ0) is 15.1. The van der Waals surface area contributed by atoms with Crippen LogP contribution in [-0.2, 0) is 4.79 Å². The number of fused-ring (bicyclic) bond motifs is 3. The van der Waals surface area contributed by atoms with Crippen molar-refractivity contribution in [3.8, 4) is 0 Å². The molecule has 2 saturated carbocycles. The number of carbonyl (C=O) groups excluding carboxylic acids is 1. The summed E-state index contributed by atoms with van der Waals surface area (Å²) in [4.78, 5) is 12.6. The van der Waals surface area contributed by atoms with Gasteiger partial charge in [-0.2, -0.15) is 15.4 Å². The third-order valence-corrected chi connectivity index (χ3v) is 5.37. The van der Waals surface area contributed by atoms with Crippen molar-refractivity contribution in [1.82, 2.24) is 15.4 Å². The first-order valence-electron chi connectivity index (χ1n) is 8.07. The molecule has 4 rings (SSSR count). The van der Waals surface area contributed by atoms with Crippen molar-refractivity contribution >= 4 is 22.6 Å². The van der Waals surface area contributed by atoms with Crippen LogP contribution in [0.15, 0.2) is 18.2 Å². The summed E-state index contributed by atoms with van der Waals surface area (Å²) in [5.41, 5.74) is 8.65. The van der Waals surface area contributed by atoms with Crippen molar-refractivity contribution in [3.05, 3.63) is 18.2 Å². The van der Waals surface area contributed by atoms with Crippen LogP contribution < -0.4 is 11.1 Å². The molecule has 0 saturated heterocycles. The van der Waals surface area contributed by atoms with E-state index in [1.165, 1.54) is 19.3 Å². The molecule has 2 aliphatic rings. The van der Waals surface area contributed by atoms with Crippen molar-refractivity contribution in [2.24, 2.45) is 23.5 Å². The number of anilines is 1. The summed E-state index contributed by atoms with van der Waals surface area (Å²) in [5, 5.41) is 13.7. The molecule has 116 valence electrons. The van der Waals surface area contributed by atoms with Crippen molar-refractivity contribution < 1.29 is 4.79 Å². The molecule has 2 unspecified atom stereocenters. The maximum atomic E-state index is 12.6. The van der Waals surface area contributed by atoms with Gasteiger partial charge >= 0.3 is 0 Å². The van der Waals surface area contributed by atoms with Crippen LogP contribution in [0.25, 0.3) is 11.0 Å². The van der Waals surface area contributed by atoms with Gasteiger partial charge in [-0.05, 0) is 55.7 Å². The molecule has 6 heteroatoms. The Labute approximate surface area is 128 Å². The molecular formula is C16H21N5O. The van der Waals surface area contributed by atoms with E-state index in [4.69, 9.17) is 5.73 Å². The highest BCUT2D eigenvalue weighted by Gasteiger charge is 2.40. The van der Waals surface area contributed by atoms with E-state index in [-0.39, 0.29) is 11.8 Å². The number of aromatic nitrogens is 3. The summed E-state index contributed by atoms with van der Waals surface area (Å²) in [6, 6.07) is 5.88. The normalized spacial score (nSPS) is 31.1. The molecule has 6 nitrogen and oxygen atoms in total. The van der Waals surface area contributed by atoms with Crippen LogP contribution >= 0.6 is 0 Å². The van der Waals surface area contributed by atoms with Gasteiger partial charge in [-0.25, -0.2) is 0 Å². The molecule has 1 amide bonds. The Kier molecular flexibility index (Phi) is 3.33. The topological polar surface area (TPSA) is 96.7 Å². The zero-order valence-electron chi connectivity index (χ0n) is 12.5. The third kappa shape index (κ3) is 2.37. The maximum absolute atomic E-state index is 12.6. The van der Waals surface area contributed by atoms with E-state index in [9.17, 15) is 4.79 Å². The van der Waals surface area contributed by atoms with Crippen LogP contribution in [0.2, 0.25) is 0 Å². The van der Waals surface area contributed by atoms with Gasteiger partial charge in [-0.15, -0.1) is 0 Å². The molecule has 2 aromatic rings. The molecule has 2 fully saturated rings. The molecule has 0 aliphatic heterocycles. The van der Waals surface area contributed by atoms with E-state index in [0.29, 0.717) is 17.9 Å². The predicted octanol–water partition coefficient (Wildman–Crippen LogP) is 2.05. The lowest BCUT2D eigenvalue weighted by molar-refractivity contribution is -0.122. The summed E-state index contributed by atoms with van der Waals surface area (Å²) < 4.78 is 0. The second-order valence-corrected chi connectivity index (χ2v) is 6.71. The van der Waals surface area contributed by atoms with Gasteiger partial charge in [0.05, 0.1) is 0 Å². The van der Waals surface area contributed by atoms with Gasteiger partial charge in [0, 0.05) is 17.6 Å². The highest BCUT2D eigenvalue weighted by molar-refractivity contribution is 5.94. The summed E-state index contributed by atoms with van der Waals surface area (Å²) in [6.45, 7) is 0. The fraction of sp³-hybridized carbons (Fsp3) is 0.562. The third-order valence-electron chi connectivity index (χ3n) is 5.37. The highest BCUT2D eigenvalue weighted by Crippen LogP contribution is 2.42. The quantitative estimate of drug-likeness (QED) is 0.790. The molecule has 0 radical (unpaired) electrons. The van der Waals surface area contributed by atoms with Crippen molar-refractivity contribution in [2.75, 3.05) is 5.32 Å². The fourth-order valence-electron chi connectivity index (χ4n) is 4.17. The lowest BCUT2D eigenvalue weighted by Gasteiger charge is -2.43. The van der Waals surface area contributed by atoms with Gasteiger partial charge in [-0.3, -0.25) is 4.79 Å². The zero-order valence-corrected chi connectivity index (χ0v) is 12.5. The Bertz CT molecular complexity index is 683. The number of H-pyrrole nitrogens is 1. The second-order valence-electron chi connectivity index (χ2n) is 6.71. The summed E-state index contributed by atoms with van der Waals surface area (Å²) in [5.74, 6) is 1.23. The van der Waals surface area contributed by atoms with Crippen molar-refractivity contribution in [3.63, 3.8) is 0 Å². The predicted molar refractivity (Wildman–Crippen MR) is 84.0 cm³/mol. The molecule has 1 aromatic heterocycles. The number of hydrogen-bond acceptors (Lipinski definition) is 4. The van der Waals surface area contributed by atoms with Crippen LogP contribution in [0.4, 0.5) is 5.69 Å². The van der Waals surface area contributed by atoms with Gasteiger partial charge < -0.3 is 11.1 Å². The Morgan fingerprint density at radius 3 is 2.68 bits per heavy atom. The average Bonchev–Trinajstić information content (AvgIpc) is 2.94. The number of nitrogens with one attached hydrogen (secondary N) is 2. The smallest absolute Gasteiger partial charge is 0.227 e. The molecule has 1 heterocycles. The molecule has 4 N–H and O–H groups in total. The maximum Gasteiger partial charge on any atom is 0.227 e. The lowest BCUT2D eigenvalue weighted by Crippen LogP contribution is -2.48. The van der Waals surface area contributed by atoms with E-state index in [0.717, 1.165) is 29.6 Å². The highest BCUT2D eigenvalue weighted by atomic mass is 16.1. The largest absolute Gasteiger partial charge is 0.327 e. The van der Waals surface area contributed by atoms with Gasteiger partial charge in [-0.1, -0.05) is 6.42 Å². The molecular weight excluding hydrogens is 278 g/mol. The van der Waals surface area contributed by atoms with E-state index in [1.54, 1.807) is 0 Å². The second kappa shape index (κ2) is 5.35. The minimum absolute atomic E-state index is 0.0862. The van der Waals surface area contributed by atoms with Gasteiger partial charge in [0.1, 0.15) is 11.0 Å². The van der Waals surface area contributed by atoms with E-state index in [2.05, 4.69) is 20.7 Å². The fourth-order valence-corrected chi connectivity index (χ4v) is 4.17. The molecule has 2 aliphatic carbocycles. The summed E-state index contributed by atoms with van der Waals surface area (Å²) >= 11 is 0. The Hall–Kier alpha value is -1.95. The van der Waals surface area contributed by atoms with Crippen molar-refractivity contribution in [2.45, 2.75) is 38.1 Å². The average molecular weight is 299 g/mol. The number of nitrogens with two attached hydrogens (primary N) is 1. The number of benzene rings is 1. The number of aromatic amines is 1. The Balaban J connectivity index is 1.47. The number of amides is 1. The monoisotopic (exact) mass is 299 g/mol. The molecule has 2 bridgehead atoms. The number of rotatable bonds is 2. The van der Waals surface area contributed by atoms with E-state index in [1.807, 2.05) is 18.2 Å². The number of hydrogen-bond donors (Lipinski definition) is 3. The molecule has 2 atom stereocenters. The molecule has 0 spiro atoms. The van der Waals surface area contributed by atoms with E-state index >= 15 is 0 Å². The van der Waals surface area contributed by atoms with Gasteiger partial charge in [0.25, 0.3) is 0 Å². The first-order chi connectivity index (χ1) is 10.7. The summed E-state index contributed by atoms with van der Waals surface area (Å²) in [7, 11) is 0. The van der Waals surface area contributed by atoms with E-state index < -0.39 is 0 Å². The SMILES string of the molecule is NC1C2CCCC1CC(C(=O)Nc1ccc3n[nH]nc3c1)C2. The minimum Gasteiger partial charge on any atom is -0.327 e. The lowest BCUT2D eigenvalue weighted by atomic mass is 9.65. The Morgan fingerprint density at radius 2 is 1.91 bits per heavy atom. The van der Waals surface area contributed by atoms with Gasteiger partial charge in [0.15, 0.2) is 0 Å². The van der Waals surface area contributed by atoms with Crippen LogP contribution in [-0.4, -0.2) is 27.4 Å². The first-order valence-corrected chi connectivity index (χ1v) is 8.07. The summed E-state index contributed by atoms with van der Waals surface area (Å²) in [6.07, 6.45) is 5.46. The van der Waals surface area contributed by atoms with Gasteiger partial charge in [0.2, 0.25) is 5.91 Å². The van der Waals surface area contributed by atoms with Crippen LogP contribution in [0.5, 0.6) is 0 Å². The number of carbonyl (C=O) groups is 1. The number of nitrogens with zero attached hydrogens (tertiary/aromatic N) is 2. The molecule has 22 heavy (non-hydrogen) atoms. The van der Waals surface area contributed by atoms with Crippen LogP contribution in [0.3, 0.4) is 0 Å².